The summed E-state index contributed by atoms with van der Waals surface area (Å²) in [6.07, 6.45) is 0. The number of rotatable bonds is 6. The highest BCUT2D eigenvalue weighted by atomic mass is 32.2. The quantitative estimate of drug-likeness (QED) is 0.631. The standard InChI is InChI=1S/C15H14O4S/c16-12-6-2-4-8-14(12)20-10-9-19-13-7-3-1-5-11(13)15(17)18/h1-8,16H,9-10H2,(H,17,18). The summed E-state index contributed by atoms with van der Waals surface area (Å²) in [5.74, 6) is 0.209. The summed E-state index contributed by atoms with van der Waals surface area (Å²) >= 11 is 1.46. The molecule has 0 radical (unpaired) electrons. The first-order valence-electron chi connectivity index (χ1n) is 6.04. The minimum atomic E-state index is -1.01. The van der Waals surface area contributed by atoms with Crippen molar-refractivity contribution in [2.45, 2.75) is 4.90 Å². The summed E-state index contributed by atoms with van der Waals surface area (Å²) < 4.78 is 5.48. The van der Waals surface area contributed by atoms with Crippen LogP contribution in [0.5, 0.6) is 11.5 Å². The van der Waals surface area contributed by atoms with E-state index in [0.717, 1.165) is 4.90 Å². The summed E-state index contributed by atoms with van der Waals surface area (Å²) in [7, 11) is 0. The van der Waals surface area contributed by atoms with E-state index in [-0.39, 0.29) is 11.3 Å². The van der Waals surface area contributed by atoms with E-state index in [1.807, 2.05) is 12.1 Å². The van der Waals surface area contributed by atoms with Gasteiger partial charge in [0.25, 0.3) is 0 Å². The molecule has 0 unspecified atom stereocenters. The zero-order chi connectivity index (χ0) is 14.4. The van der Waals surface area contributed by atoms with Crippen molar-refractivity contribution in [2.75, 3.05) is 12.4 Å². The second-order valence-corrected chi connectivity index (χ2v) is 5.10. The Morgan fingerprint density at radius 3 is 2.55 bits per heavy atom. The maximum absolute atomic E-state index is 11.0. The van der Waals surface area contributed by atoms with Gasteiger partial charge in [0, 0.05) is 10.6 Å². The molecule has 0 fully saturated rings. The predicted octanol–water partition coefficient (Wildman–Crippen LogP) is 3.26. The lowest BCUT2D eigenvalue weighted by molar-refractivity contribution is 0.0692. The molecule has 5 heteroatoms. The van der Waals surface area contributed by atoms with Crippen LogP contribution < -0.4 is 4.74 Å². The molecule has 0 spiro atoms. The number of hydrogen-bond donors (Lipinski definition) is 2. The fraction of sp³-hybridized carbons (Fsp3) is 0.133. The van der Waals surface area contributed by atoms with Crippen LogP contribution >= 0.6 is 11.8 Å². The lowest BCUT2D eigenvalue weighted by Gasteiger charge is -2.09. The van der Waals surface area contributed by atoms with Crippen molar-refractivity contribution in [2.24, 2.45) is 0 Å². The molecule has 2 aromatic carbocycles. The average molecular weight is 290 g/mol. The Bertz CT molecular complexity index is 598. The van der Waals surface area contributed by atoms with Crippen LogP contribution in [0.15, 0.2) is 53.4 Å². The molecule has 0 saturated carbocycles. The molecule has 2 rings (SSSR count). The van der Waals surface area contributed by atoms with Gasteiger partial charge >= 0.3 is 5.97 Å². The highest BCUT2D eigenvalue weighted by molar-refractivity contribution is 7.99. The number of carboxylic acid groups (broad SMARTS) is 1. The zero-order valence-corrected chi connectivity index (χ0v) is 11.5. The minimum Gasteiger partial charge on any atom is -0.507 e. The molecule has 0 aliphatic rings. The summed E-state index contributed by atoms with van der Waals surface area (Å²) in [5, 5.41) is 18.6. The van der Waals surface area contributed by atoms with Gasteiger partial charge in [0.1, 0.15) is 17.1 Å². The number of carboxylic acids is 1. The Morgan fingerprint density at radius 2 is 1.80 bits per heavy atom. The summed E-state index contributed by atoms with van der Waals surface area (Å²) in [4.78, 5) is 11.8. The maximum Gasteiger partial charge on any atom is 0.339 e. The Kier molecular flexibility index (Phi) is 4.90. The van der Waals surface area contributed by atoms with E-state index in [2.05, 4.69) is 0 Å². The van der Waals surface area contributed by atoms with E-state index in [9.17, 15) is 9.90 Å². The number of hydrogen-bond acceptors (Lipinski definition) is 4. The Labute approximate surface area is 121 Å². The van der Waals surface area contributed by atoms with Crippen LogP contribution in [-0.2, 0) is 0 Å². The van der Waals surface area contributed by atoms with Crippen molar-refractivity contribution >= 4 is 17.7 Å². The van der Waals surface area contributed by atoms with E-state index in [0.29, 0.717) is 18.1 Å². The van der Waals surface area contributed by atoms with Gasteiger partial charge < -0.3 is 14.9 Å². The third-order valence-corrected chi connectivity index (χ3v) is 3.61. The van der Waals surface area contributed by atoms with Gasteiger partial charge in [-0.3, -0.25) is 0 Å². The molecule has 4 nitrogen and oxygen atoms in total. The molecule has 0 amide bonds. The number of aromatic hydroxyl groups is 1. The highest BCUT2D eigenvalue weighted by Gasteiger charge is 2.09. The van der Waals surface area contributed by atoms with Gasteiger partial charge in [-0.2, -0.15) is 0 Å². The van der Waals surface area contributed by atoms with Crippen molar-refractivity contribution in [3.8, 4) is 11.5 Å². The van der Waals surface area contributed by atoms with Gasteiger partial charge in [0.2, 0.25) is 0 Å². The number of para-hydroxylation sites is 2. The van der Waals surface area contributed by atoms with Crippen molar-refractivity contribution < 1.29 is 19.7 Å². The molecule has 2 aromatic rings. The Hall–Kier alpha value is -2.14. The summed E-state index contributed by atoms with van der Waals surface area (Å²) in [5.41, 5.74) is 0.153. The monoisotopic (exact) mass is 290 g/mol. The zero-order valence-electron chi connectivity index (χ0n) is 10.7. The van der Waals surface area contributed by atoms with E-state index >= 15 is 0 Å². The van der Waals surface area contributed by atoms with Crippen molar-refractivity contribution in [3.05, 3.63) is 54.1 Å². The van der Waals surface area contributed by atoms with Crippen LogP contribution in [0, 0.1) is 0 Å². The molecule has 104 valence electrons. The van der Waals surface area contributed by atoms with Gasteiger partial charge in [0.05, 0.1) is 6.61 Å². The van der Waals surface area contributed by atoms with E-state index in [1.54, 1.807) is 30.3 Å². The average Bonchev–Trinajstić information content (AvgIpc) is 2.45. The molecular weight excluding hydrogens is 276 g/mol. The maximum atomic E-state index is 11.0. The van der Waals surface area contributed by atoms with Crippen LogP contribution in [0.25, 0.3) is 0 Å². The molecular formula is C15H14O4S. The van der Waals surface area contributed by atoms with Crippen LogP contribution in [-0.4, -0.2) is 28.5 Å². The number of phenols is 1. The van der Waals surface area contributed by atoms with Crippen LogP contribution in [0.1, 0.15) is 10.4 Å². The van der Waals surface area contributed by atoms with Gasteiger partial charge in [-0.1, -0.05) is 24.3 Å². The fourth-order valence-corrected chi connectivity index (χ4v) is 2.43. The molecule has 0 aromatic heterocycles. The molecule has 2 N–H and O–H groups in total. The second kappa shape index (κ2) is 6.86. The third kappa shape index (κ3) is 3.68. The van der Waals surface area contributed by atoms with Gasteiger partial charge in [-0.05, 0) is 24.3 Å². The van der Waals surface area contributed by atoms with Crippen molar-refractivity contribution in [1.29, 1.82) is 0 Å². The molecule has 0 heterocycles. The molecule has 0 aliphatic carbocycles. The number of aromatic carboxylic acids is 1. The van der Waals surface area contributed by atoms with Gasteiger partial charge in [-0.15, -0.1) is 11.8 Å². The van der Waals surface area contributed by atoms with Crippen LogP contribution in [0.3, 0.4) is 0 Å². The first-order chi connectivity index (χ1) is 9.68. The molecule has 0 atom stereocenters. The first-order valence-corrected chi connectivity index (χ1v) is 7.03. The number of benzene rings is 2. The number of phenolic OH excluding ortho intramolecular Hbond substituents is 1. The SMILES string of the molecule is O=C(O)c1ccccc1OCCSc1ccccc1O. The van der Waals surface area contributed by atoms with E-state index in [4.69, 9.17) is 9.84 Å². The van der Waals surface area contributed by atoms with Crippen molar-refractivity contribution in [3.63, 3.8) is 0 Å². The second-order valence-electron chi connectivity index (χ2n) is 3.97. The summed E-state index contributed by atoms with van der Waals surface area (Å²) in [6, 6.07) is 13.6. The molecule has 0 aliphatic heterocycles. The Morgan fingerprint density at radius 1 is 1.10 bits per heavy atom. The number of thioether (sulfide) groups is 1. The van der Waals surface area contributed by atoms with E-state index in [1.165, 1.54) is 17.8 Å². The largest absolute Gasteiger partial charge is 0.507 e. The predicted molar refractivity (Wildman–Crippen MR) is 77.7 cm³/mol. The van der Waals surface area contributed by atoms with Crippen molar-refractivity contribution in [1.82, 2.24) is 0 Å². The number of carbonyl (C=O) groups is 1. The normalized spacial score (nSPS) is 10.2. The first kappa shape index (κ1) is 14.3. The Balaban J connectivity index is 1.88. The minimum absolute atomic E-state index is 0.153. The smallest absolute Gasteiger partial charge is 0.339 e. The number of ether oxygens (including phenoxy) is 1. The van der Waals surface area contributed by atoms with Gasteiger partial charge in [-0.25, -0.2) is 4.79 Å². The lowest BCUT2D eigenvalue weighted by atomic mass is 10.2. The molecule has 0 bridgehead atoms. The van der Waals surface area contributed by atoms with Gasteiger partial charge in [0.15, 0.2) is 0 Å². The van der Waals surface area contributed by atoms with Crippen LogP contribution in [0.2, 0.25) is 0 Å². The van der Waals surface area contributed by atoms with E-state index < -0.39 is 5.97 Å². The van der Waals surface area contributed by atoms with Crippen LogP contribution in [0.4, 0.5) is 0 Å². The third-order valence-electron chi connectivity index (χ3n) is 2.58. The topological polar surface area (TPSA) is 66.8 Å². The molecule has 20 heavy (non-hydrogen) atoms. The molecule has 0 saturated heterocycles. The highest BCUT2D eigenvalue weighted by Crippen LogP contribution is 2.27. The summed E-state index contributed by atoms with van der Waals surface area (Å²) in [6.45, 7) is 0.364. The fourth-order valence-electron chi connectivity index (χ4n) is 1.65. The lowest BCUT2D eigenvalue weighted by Crippen LogP contribution is -2.05.